The smallest absolute Gasteiger partial charge is 0.221 e. The van der Waals surface area contributed by atoms with Crippen molar-refractivity contribution in [3.63, 3.8) is 0 Å². The lowest BCUT2D eigenvalue weighted by Gasteiger charge is -2.14. The number of nitriles is 1. The van der Waals surface area contributed by atoms with Crippen molar-refractivity contribution >= 4 is 34.8 Å². The molecule has 20 heavy (non-hydrogen) atoms. The Kier molecular flexibility index (Phi) is 4.72. The van der Waals surface area contributed by atoms with Gasteiger partial charge in [0.1, 0.15) is 0 Å². The number of hydrogen-bond donors (Lipinski definition) is 0. The first-order valence-corrected chi connectivity index (χ1v) is 6.75. The Morgan fingerprint density at radius 3 is 2.70 bits per heavy atom. The highest BCUT2D eigenvalue weighted by atomic mass is 35.5. The normalized spacial score (nSPS) is 10.2. The average Bonchev–Trinajstić information content (AvgIpc) is 2.43. The van der Waals surface area contributed by atoms with Crippen LogP contribution < -0.4 is 4.74 Å². The molecule has 0 bridgehead atoms. The predicted octanol–water partition coefficient (Wildman–Crippen LogP) is 4.78. The summed E-state index contributed by atoms with van der Waals surface area (Å²) in [5.41, 5.74) is 1.98. The van der Waals surface area contributed by atoms with Gasteiger partial charge < -0.3 is 4.74 Å². The van der Waals surface area contributed by atoms with Crippen LogP contribution in [0.1, 0.15) is 5.56 Å². The number of benzene rings is 1. The lowest BCUT2D eigenvalue weighted by molar-refractivity contribution is 0.399. The minimum absolute atomic E-state index is 0.203. The molecule has 0 aliphatic heterocycles. The molecule has 1 heterocycles. The minimum atomic E-state index is 0.203. The van der Waals surface area contributed by atoms with Gasteiger partial charge in [-0.15, -0.1) is 0 Å². The molecule has 0 N–H and O–H groups in total. The lowest BCUT2D eigenvalue weighted by atomic mass is 9.99. The highest BCUT2D eigenvalue weighted by molar-refractivity contribution is 6.45. The number of methoxy groups -OCH3 is 1. The first kappa shape index (κ1) is 14.9. The molecule has 0 spiro atoms. The summed E-state index contributed by atoms with van der Waals surface area (Å²) in [6.45, 7) is 0. The van der Waals surface area contributed by atoms with Gasteiger partial charge in [-0.1, -0.05) is 34.8 Å². The summed E-state index contributed by atoms with van der Waals surface area (Å²) < 4.78 is 5.26. The topological polar surface area (TPSA) is 45.9 Å². The molecular weight excluding hydrogens is 319 g/mol. The number of hydrogen-bond acceptors (Lipinski definition) is 3. The molecule has 1 aromatic heterocycles. The minimum Gasteiger partial charge on any atom is -0.481 e. The van der Waals surface area contributed by atoms with E-state index in [4.69, 9.17) is 44.8 Å². The van der Waals surface area contributed by atoms with Crippen molar-refractivity contribution in [2.45, 2.75) is 6.42 Å². The number of pyridine rings is 1. The fourth-order valence-electron chi connectivity index (χ4n) is 1.89. The van der Waals surface area contributed by atoms with Crippen molar-refractivity contribution in [2.75, 3.05) is 7.11 Å². The average molecular weight is 328 g/mol. The quantitative estimate of drug-likeness (QED) is 0.762. The Labute approximate surface area is 131 Å². The standard InChI is InChI=1S/C14H9Cl3N2O/c1-20-14-12(8(2-4-18)3-5-19-14)10-6-9(15)7-11(16)13(10)17/h3,5-7H,2H2,1H3. The molecule has 0 unspecified atom stereocenters. The van der Waals surface area contributed by atoms with Crippen LogP contribution in [-0.4, -0.2) is 12.1 Å². The maximum absolute atomic E-state index is 8.94. The first-order chi connectivity index (χ1) is 9.58. The van der Waals surface area contributed by atoms with Gasteiger partial charge in [0, 0.05) is 22.3 Å². The summed E-state index contributed by atoms with van der Waals surface area (Å²) >= 11 is 18.3. The van der Waals surface area contributed by atoms with Gasteiger partial charge >= 0.3 is 0 Å². The van der Waals surface area contributed by atoms with E-state index < -0.39 is 0 Å². The summed E-state index contributed by atoms with van der Waals surface area (Å²) in [7, 11) is 1.50. The van der Waals surface area contributed by atoms with Crippen molar-refractivity contribution in [1.82, 2.24) is 4.98 Å². The third-order valence-corrected chi connectivity index (χ3v) is 3.75. The van der Waals surface area contributed by atoms with E-state index in [1.807, 2.05) is 0 Å². The maximum Gasteiger partial charge on any atom is 0.221 e. The highest BCUT2D eigenvalue weighted by Gasteiger charge is 2.18. The Hall–Kier alpha value is -1.47. The molecule has 0 saturated heterocycles. The SMILES string of the molecule is COc1nccc(CC#N)c1-c1cc(Cl)cc(Cl)c1Cl. The number of aromatic nitrogens is 1. The van der Waals surface area contributed by atoms with Gasteiger partial charge in [-0.25, -0.2) is 4.98 Å². The molecule has 0 fully saturated rings. The molecule has 102 valence electrons. The second-order valence-electron chi connectivity index (χ2n) is 3.94. The molecule has 0 radical (unpaired) electrons. The summed E-state index contributed by atoms with van der Waals surface area (Å²) in [6.07, 6.45) is 1.78. The number of rotatable bonds is 3. The van der Waals surface area contributed by atoms with Gasteiger partial charge in [-0.05, 0) is 23.8 Å². The fraction of sp³-hybridized carbons (Fsp3) is 0.143. The lowest BCUT2D eigenvalue weighted by Crippen LogP contribution is -1.97. The molecule has 0 atom stereocenters. The van der Waals surface area contributed by atoms with Crippen LogP contribution in [0.3, 0.4) is 0 Å². The Morgan fingerprint density at radius 1 is 1.30 bits per heavy atom. The van der Waals surface area contributed by atoms with Crippen LogP contribution in [0.4, 0.5) is 0 Å². The molecule has 0 aliphatic rings. The van der Waals surface area contributed by atoms with E-state index in [1.54, 1.807) is 24.4 Å². The van der Waals surface area contributed by atoms with Crippen molar-refractivity contribution in [2.24, 2.45) is 0 Å². The van der Waals surface area contributed by atoms with Gasteiger partial charge in [0.15, 0.2) is 0 Å². The van der Waals surface area contributed by atoms with Crippen LogP contribution in [0.25, 0.3) is 11.1 Å². The van der Waals surface area contributed by atoms with Gasteiger partial charge in [-0.3, -0.25) is 0 Å². The van der Waals surface area contributed by atoms with E-state index in [1.165, 1.54) is 7.11 Å². The van der Waals surface area contributed by atoms with Crippen molar-refractivity contribution in [1.29, 1.82) is 5.26 Å². The van der Waals surface area contributed by atoms with E-state index in [0.717, 1.165) is 5.56 Å². The highest BCUT2D eigenvalue weighted by Crippen LogP contribution is 2.41. The molecule has 0 aliphatic carbocycles. The Balaban J connectivity index is 2.77. The van der Waals surface area contributed by atoms with E-state index in [0.29, 0.717) is 32.1 Å². The molecule has 0 saturated carbocycles. The van der Waals surface area contributed by atoms with Crippen LogP contribution in [0, 0.1) is 11.3 Å². The summed E-state index contributed by atoms with van der Waals surface area (Å²) in [6, 6.07) is 7.08. The summed E-state index contributed by atoms with van der Waals surface area (Å²) in [5.74, 6) is 0.373. The third kappa shape index (κ3) is 2.83. The first-order valence-electron chi connectivity index (χ1n) is 5.62. The second kappa shape index (κ2) is 6.32. The summed E-state index contributed by atoms with van der Waals surface area (Å²) in [5, 5.41) is 10.1. The zero-order chi connectivity index (χ0) is 14.7. The molecule has 0 amide bonds. The van der Waals surface area contributed by atoms with Crippen LogP contribution >= 0.6 is 34.8 Å². The Morgan fingerprint density at radius 2 is 2.05 bits per heavy atom. The second-order valence-corrected chi connectivity index (χ2v) is 5.16. The van der Waals surface area contributed by atoms with Crippen molar-refractivity contribution in [3.05, 3.63) is 45.0 Å². The van der Waals surface area contributed by atoms with Gasteiger partial charge in [-0.2, -0.15) is 5.26 Å². The van der Waals surface area contributed by atoms with E-state index >= 15 is 0 Å². The zero-order valence-electron chi connectivity index (χ0n) is 10.5. The predicted molar refractivity (Wildman–Crippen MR) is 80.6 cm³/mol. The Bertz CT molecular complexity index is 696. The molecule has 2 rings (SSSR count). The van der Waals surface area contributed by atoms with Gasteiger partial charge in [0.2, 0.25) is 5.88 Å². The van der Waals surface area contributed by atoms with Crippen molar-refractivity contribution in [3.8, 4) is 23.1 Å². The van der Waals surface area contributed by atoms with Crippen LogP contribution in [-0.2, 0) is 6.42 Å². The van der Waals surface area contributed by atoms with Crippen molar-refractivity contribution < 1.29 is 4.74 Å². The molecule has 6 heteroatoms. The van der Waals surface area contributed by atoms with Gasteiger partial charge in [0.05, 0.1) is 29.6 Å². The monoisotopic (exact) mass is 326 g/mol. The largest absolute Gasteiger partial charge is 0.481 e. The van der Waals surface area contributed by atoms with Gasteiger partial charge in [0.25, 0.3) is 0 Å². The molecular formula is C14H9Cl3N2O. The van der Waals surface area contributed by atoms with Crippen LogP contribution in [0.5, 0.6) is 5.88 Å². The third-order valence-electron chi connectivity index (χ3n) is 2.73. The number of ether oxygens (including phenoxy) is 1. The fourth-order valence-corrected chi connectivity index (χ4v) is 2.59. The zero-order valence-corrected chi connectivity index (χ0v) is 12.7. The van der Waals surface area contributed by atoms with E-state index in [-0.39, 0.29) is 6.42 Å². The number of nitrogens with zero attached hydrogens (tertiary/aromatic N) is 2. The maximum atomic E-state index is 8.94. The molecule has 1 aromatic carbocycles. The summed E-state index contributed by atoms with van der Waals surface area (Å²) in [4.78, 5) is 4.14. The molecule has 3 nitrogen and oxygen atoms in total. The van der Waals surface area contributed by atoms with E-state index in [9.17, 15) is 0 Å². The van der Waals surface area contributed by atoms with Crippen LogP contribution in [0.15, 0.2) is 24.4 Å². The van der Waals surface area contributed by atoms with E-state index in [2.05, 4.69) is 11.1 Å². The number of halogens is 3. The van der Waals surface area contributed by atoms with Crippen LogP contribution in [0.2, 0.25) is 15.1 Å². The molecule has 2 aromatic rings.